The molecule has 2 atom stereocenters. The molecule has 0 spiro atoms. The molecular weight excluding hydrogens is 695 g/mol. The number of hydrogen-bond acceptors (Lipinski definition) is 8. The van der Waals surface area contributed by atoms with Crippen molar-refractivity contribution in [2.24, 2.45) is 0 Å². The number of nitrogens with zero attached hydrogens (tertiary/aromatic N) is 6. The number of ether oxygens (including phenoxy) is 1. The SMILES string of the molecule is Cc1ccc(N2CCC[C@H](N(Cc3ccnc(C)c3)Cc3cn(C4CC4)c4cc(N5CC[C@@H](NC(=O)OC(C)(C)C)C(F)(F)C5)c(F)cc4c3=O)C2)cn1. The number of hydrogen-bond donors (Lipinski definition) is 1. The highest BCUT2D eigenvalue weighted by Gasteiger charge is 2.46. The summed E-state index contributed by atoms with van der Waals surface area (Å²) in [4.78, 5) is 41.5. The van der Waals surface area contributed by atoms with E-state index in [1.54, 1.807) is 33.0 Å². The van der Waals surface area contributed by atoms with Crippen LogP contribution in [0.2, 0.25) is 0 Å². The molecule has 5 heterocycles. The van der Waals surface area contributed by atoms with Gasteiger partial charge in [-0.15, -0.1) is 0 Å². The molecule has 1 saturated carbocycles. The maximum Gasteiger partial charge on any atom is 0.408 e. The minimum atomic E-state index is -3.35. The highest BCUT2D eigenvalue weighted by molar-refractivity contribution is 5.84. The number of carbonyl (C=O) groups excluding carboxylic acids is 1. The van der Waals surface area contributed by atoms with Crippen LogP contribution in [0.15, 0.2) is 59.8 Å². The molecule has 3 aliphatic rings. The molecule has 0 bridgehead atoms. The first-order chi connectivity index (χ1) is 25.6. The van der Waals surface area contributed by atoms with Gasteiger partial charge in [0.05, 0.1) is 35.7 Å². The highest BCUT2D eigenvalue weighted by Crippen LogP contribution is 2.39. The van der Waals surface area contributed by atoms with Crippen molar-refractivity contribution >= 4 is 28.4 Å². The normalized spacial score (nSPS) is 20.4. The van der Waals surface area contributed by atoms with Crippen molar-refractivity contribution in [1.29, 1.82) is 0 Å². The number of alkyl carbamates (subject to hydrolysis) is 1. The van der Waals surface area contributed by atoms with E-state index in [1.807, 2.05) is 42.9 Å². The average Bonchev–Trinajstić information content (AvgIpc) is 3.95. The van der Waals surface area contributed by atoms with E-state index in [1.165, 1.54) is 11.0 Å². The zero-order valence-electron chi connectivity index (χ0n) is 31.7. The van der Waals surface area contributed by atoms with Gasteiger partial charge in [0.15, 0.2) is 5.43 Å². The quantitative estimate of drug-likeness (QED) is 0.191. The van der Waals surface area contributed by atoms with Crippen LogP contribution in [-0.2, 0) is 17.8 Å². The topological polar surface area (TPSA) is 95.8 Å². The Balaban J connectivity index is 1.18. The number of aryl methyl sites for hydroxylation is 2. The number of carbonyl (C=O) groups is 1. The second-order valence-corrected chi connectivity index (χ2v) is 16.2. The summed E-state index contributed by atoms with van der Waals surface area (Å²) in [5.74, 6) is -4.08. The Labute approximate surface area is 314 Å². The standard InChI is InChI=1S/C41H50F3N7O3/c1-26-8-9-31(20-46-26)48-15-6-7-32(24-48)50(21-28-12-14-45-27(2)17-28)22-29-23-51(30-10-11-30)35-19-36(34(42)18-33(35)38(29)52)49-16-13-37(41(43,44)25-49)47-39(53)54-40(3,4)5/h8-9,12,14,17-20,23,30,32,37H,6-7,10-11,13,15-16,21-22,24-25H2,1-5H3,(H,47,53)/t32-,37+/m0/s1. The molecule has 10 nitrogen and oxygen atoms in total. The van der Waals surface area contributed by atoms with E-state index in [2.05, 4.69) is 37.2 Å². The van der Waals surface area contributed by atoms with Crippen LogP contribution >= 0.6 is 0 Å². The number of halogens is 3. The van der Waals surface area contributed by atoms with Gasteiger partial charge in [-0.3, -0.25) is 19.7 Å². The van der Waals surface area contributed by atoms with Gasteiger partial charge in [-0.2, -0.15) is 0 Å². The van der Waals surface area contributed by atoms with Crippen LogP contribution in [0, 0.1) is 19.7 Å². The van der Waals surface area contributed by atoms with Crippen LogP contribution in [-0.4, -0.2) is 75.3 Å². The third-order valence-electron chi connectivity index (χ3n) is 10.6. The number of rotatable bonds is 9. The minimum absolute atomic E-state index is 0.0158. The average molecular weight is 746 g/mol. The largest absolute Gasteiger partial charge is 0.444 e. The Hall–Kier alpha value is -4.65. The number of benzene rings is 1. The molecule has 2 saturated heterocycles. The molecule has 13 heteroatoms. The fraction of sp³-hybridized carbons (Fsp3) is 0.512. The van der Waals surface area contributed by atoms with E-state index in [4.69, 9.17) is 4.74 Å². The molecule has 3 fully saturated rings. The Kier molecular flexibility index (Phi) is 10.4. The van der Waals surface area contributed by atoms with Crippen LogP contribution in [0.1, 0.15) is 81.4 Å². The molecule has 0 radical (unpaired) electrons. The van der Waals surface area contributed by atoms with E-state index < -0.39 is 36.0 Å². The predicted molar refractivity (Wildman–Crippen MR) is 204 cm³/mol. The summed E-state index contributed by atoms with van der Waals surface area (Å²) in [5, 5.41) is 2.55. The second-order valence-electron chi connectivity index (χ2n) is 16.2. The molecule has 3 aromatic heterocycles. The number of nitrogens with one attached hydrogen (secondary N) is 1. The molecule has 4 aromatic rings. The zero-order chi connectivity index (χ0) is 38.4. The summed E-state index contributed by atoms with van der Waals surface area (Å²) in [5.41, 5.74) is 4.07. The van der Waals surface area contributed by atoms with Crippen LogP contribution in [0.25, 0.3) is 10.9 Å². The molecule has 1 amide bonds. The fourth-order valence-corrected chi connectivity index (χ4v) is 7.80. The molecule has 0 unspecified atom stereocenters. The molecule has 1 N–H and O–H groups in total. The summed E-state index contributed by atoms with van der Waals surface area (Å²) in [7, 11) is 0. The first-order valence-corrected chi connectivity index (χ1v) is 19.0. The van der Waals surface area contributed by atoms with Crippen molar-refractivity contribution in [3.05, 3.63) is 93.5 Å². The number of piperidine rings is 2. The van der Waals surface area contributed by atoms with Crippen molar-refractivity contribution in [3.8, 4) is 0 Å². The van der Waals surface area contributed by atoms with Gasteiger partial charge in [0.2, 0.25) is 0 Å². The van der Waals surface area contributed by atoms with Crippen LogP contribution < -0.4 is 20.5 Å². The lowest BCUT2D eigenvalue weighted by Crippen LogP contribution is -2.59. The summed E-state index contributed by atoms with van der Waals surface area (Å²) in [6.45, 7) is 10.9. The first-order valence-electron chi connectivity index (χ1n) is 19.0. The van der Waals surface area contributed by atoms with Gasteiger partial charge in [0, 0.05) is 79.5 Å². The van der Waals surface area contributed by atoms with E-state index in [0.717, 1.165) is 61.4 Å². The van der Waals surface area contributed by atoms with E-state index in [9.17, 15) is 9.59 Å². The number of aromatic nitrogens is 3. The van der Waals surface area contributed by atoms with Crippen LogP contribution in [0.3, 0.4) is 0 Å². The van der Waals surface area contributed by atoms with E-state index in [0.29, 0.717) is 24.2 Å². The molecule has 7 rings (SSSR count). The van der Waals surface area contributed by atoms with Crippen molar-refractivity contribution in [3.63, 3.8) is 0 Å². The van der Waals surface area contributed by atoms with Crippen molar-refractivity contribution in [1.82, 2.24) is 24.8 Å². The van der Waals surface area contributed by atoms with Gasteiger partial charge < -0.3 is 24.4 Å². The summed E-state index contributed by atoms with van der Waals surface area (Å²) >= 11 is 0. The zero-order valence-corrected chi connectivity index (χ0v) is 31.7. The number of anilines is 2. The fourth-order valence-electron chi connectivity index (χ4n) is 7.80. The Morgan fingerprint density at radius 3 is 2.48 bits per heavy atom. The predicted octanol–water partition coefficient (Wildman–Crippen LogP) is 7.29. The number of amides is 1. The lowest BCUT2D eigenvalue weighted by Gasteiger charge is -2.40. The molecule has 288 valence electrons. The van der Waals surface area contributed by atoms with Gasteiger partial charge >= 0.3 is 6.09 Å². The molecule has 1 aromatic carbocycles. The van der Waals surface area contributed by atoms with E-state index >= 15 is 13.2 Å². The maximum absolute atomic E-state index is 16.1. The lowest BCUT2D eigenvalue weighted by atomic mass is 9.99. The monoisotopic (exact) mass is 745 g/mol. The first kappa shape index (κ1) is 37.7. The summed E-state index contributed by atoms with van der Waals surface area (Å²) in [6, 6.07) is 9.78. The minimum Gasteiger partial charge on any atom is -0.444 e. The van der Waals surface area contributed by atoms with Gasteiger partial charge in [0.1, 0.15) is 11.4 Å². The van der Waals surface area contributed by atoms with Gasteiger partial charge in [-0.25, -0.2) is 18.0 Å². The van der Waals surface area contributed by atoms with Crippen molar-refractivity contribution in [2.75, 3.05) is 36.0 Å². The van der Waals surface area contributed by atoms with Crippen molar-refractivity contribution < 1.29 is 22.7 Å². The Morgan fingerprint density at radius 2 is 1.80 bits per heavy atom. The third-order valence-corrected chi connectivity index (χ3v) is 10.6. The maximum atomic E-state index is 16.1. The smallest absolute Gasteiger partial charge is 0.408 e. The second kappa shape index (κ2) is 14.9. The lowest BCUT2D eigenvalue weighted by molar-refractivity contribution is -0.0459. The molecule has 54 heavy (non-hydrogen) atoms. The highest BCUT2D eigenvalue weighted by atomic mass is 19.3. The third kappa shape index (κ3) is 8.51. The van der Waals surface area contributed by atoms with Crippen LogP contribution in [0.5, 0.6) is 0 Å². The summed E-state index contributed by atoms with van der Waals surface area (Å²) in [6.07, 6.45) is 8.36. The van der Waals surface area contributed by atoms with Gasteiger partial charge in [-0.05, 0) is 109 Å². The molecular formula is C41H50F3N7O3. The number of pyridine rings is 3. The van der Waals surface area contributed by atoms with Gasteiger partial charge in [0.25, 0.3) is 5.92 Å². The van der Waals surface area contributed by atoms with Crippen molar-refractivity contribution in [2.45, 2.75) is 109 Å². The Bertz CT molecular complexity index is 2060. The van der Waals surface area contributed by atoms with E-state index in [-0.39, 0.29) is 41.6 Å². The number of fused-ring (bicyclic) bond motifs is 1. The summed E-state index contributed by atoms with van der Waals surface area (Å²) < 4.78 is 54.2. The van der Waals surface area contributed by atoms with Gasteiger partial charge in [-0.1, -0.05) is 0 Å². The Morgan fingerprint density at radius 1 is 1.00 bits per heavy atom. The molecule has 2 aliphatic heterocycles. The van der Waals surface area contributed by atoms with Crippen LogP contribution in [0.4, 0.5) is 29.3 Å². The molecule has 1 aliphatic carbocycles. The number of alkyl halides is 2.